The topological polar surface area (TPSA) is 12.0 Å². The van der Waals surface area contributed by atoms with Crippen LogP contribution in [0, 0.1) is 27.7 Å². The minimum absolute atomic E-state index is 0.278. The molecule has 106 valence electrons. The van der Waals surface area contributed by atoms with Gasteiger partial charge in [0.15, 0.2) is 0 Å². The molecule has 0 aromatic heterocycles. The average molecular weight is 267 g/mol. The minimum atomic E-state index is 0.278. The second-order valence-electron chi connectivity index (χ2n) is 5.69. The van der Waals surface area contributed by atoms with Crippen molar-refractivity contribution in [3.05, 3.63) is 69.8 Å². The number of hydrogen-bond acceptors (Lipinski definition) is 1. The Labute approximate surface area is 123 Å². The molecule has 0 saturated heterocycles. The van der Waals surface area contributed by atoms with E-state index < -0.39 is 0 Å². The van der Waals surface area contributed by atoms with E-state index in [0.29, 0.717) is 0 Å². The van der Waals surface area contributed by atoms with E-state index in [2.05, 4.69) is 76.3 Å². The standard InChI is InChI=1S/C19H25N/c1-6-20-19(17-9-7-13(2)8-10-17)18-12-15(4)14(3)11-16(18)5/h7-12,19-20H,6H2,1-5H3. The largest absolute Gasteiger partial charge is 0.307 e. The summed E-state index contributed by atoms with van der Waals surface area (Å²) < 4.78 is 0. The first-order valence-corrected chi connectivity index (χ1v) is 7.40. The molecule has 0 amide bonds. The quantitative estimate of drug-likeness (QED) is 0.852. The molecule has 0 fully saturated rings. The van der Waals surface area contributed by atoms with Crippen molar-refractivity contribution < 1.29 is 0 Å². The lowest BCUT2D eigenvalue weighted by Crippen LogP contribution is -2.23. The highest BCUT2D eigenvalue weighted by molar-refractivity contribution is 5.42. The van der Waals surface area contributed by atoms with Crippen molar-refractivity contribution in [3.8, 4) is 0 Å². The summed E-state index contributed by atoms with van der Waals surface area (Å²) in [5.74, 6) is 0. The van der Waals surface area contributed by atoms with Crippen molar-refractivity contribution in [2.75, 3.05) is 6.54 Å². The van der Waals surface area contributed by atoms with Crippen LogP contribution in [0.2, 0.25) is 0 Å². The van der Waals surface area contributed by atoms with Crippen LogP contribution in [0.5, 0.6) is 0 Å². The Morgan fingerprint density at radius 3 is 2.05 bits per heavy atom. The summed E-state index contributed by atoms with van der Waals surface area (Å²) in [6.45, 7) is 11.8. The van der Waals surface area contributed by atoms with Crippen molar-refractivity contribution >= 4 is 0 Å². The summed E-state index contributed by atoms with van der Waals surface area (Å²) in [6.07, 6.45) is 0. The highest BCUT2D eigenvalue weighted by Gasteiger charge is 2.15. The van der Waals surface area contributed by atoms with E-state index in [9.17, 15) is 0 Å². The van der Waals surface area contributed by atoms with Crippen LogP contribution in [0.1, 0.15) is 46.3 Å². The lowest BCUT2D eigenvalue weighted by Gasteiger charge is -2.22. The van der Waals surface area contributed by atoms with Crippen LogP contribution < -0.4 is 5.32 Å². The molecule has 0 spiro atoms. The van der Waals surface area contributed by atoms with Crippen LogP contribution in [0.15, 0.2) is 36.4 Å². The molecule has 1 N–H and O–H groups in total. The zero-order chi connectivity index (χ0) is 14.7. The Morgan fingerprint density at radius 1 is 0.850 bits per heavy atom. The van der Waals surface area contributed by atoms with E-state index in [1.54, 1.807) is 0 Å². The average Bonchev–Trinajstić information content (AvgIpc) is 2.42. The maximum absolute atomic E-state index is 3.62. The van der Waals surface area contributed by atoms with Crippen LogP contribution in [0.25, 0.3) is 0 Å². The van der Waals surface area contributed by atoms with Gasteiger partial charge in [-0.25, -0.2) is 0 Å². The number of nitrogens with one attached hydrogen (secondary N) is 1. The molecule has 0 saturated carbocycles. The van der Waals surface area contributed by atoms with E-state index >= 15 is 0 Å². The van der Waals surface area contributed by atoms with E-state index in [1.165, 1.54) is 33.4 Å². The third-order valence-electron chi connectivity index (χ3n) is 4.01. The van der Waals surface area contributed by atoms with E-state index in [4.69, 9.17) is 0 Å². The van der Waals surface area contributed by atoms with Gasteiger partial charge in [-0.05, 0) is 62.1 Å². The first-order valence-electron chi connectivity index (χ1n) is 7.40. The second-order valence-corrected chi connectivity index (χ2v) is 5.69. The van der Waals surface area contributed by atoms with Gasteiger partial charge in [0.25, 0.3) is 0 Å². The monoisotopic (exact) mass is 267 g/mol. The molecule has 2 aromatic rings. The lowest BCUT2D eigenvalue weighted by molar-refractivity contribution is 0.627. The van der Waals surface area contributed by atoms with E-state index in [0.717, 1.165) is 6.54 Å². The molecule has 20 heavy (non-hydrogen) atoms. The normalized spacial score (nSPS) is 12.4. The zero-order valence-corrected chi connectivity index (χ0v) is 13.2. The second kappa shape index (κ2) is 6.23. The van der Waals surface area contributed by atoms with Gasteiger partial charge in [-0.3, -0.25) is 0 Å². The maximum Gasteiger partial charge on any atom is 0.0579 e. The van der Waals surface area contributed by atoms with Gasteiger partial charge in [0.05, 0.1) is 6.04 Å². The van der Waals surface area contributed by atoms with Crippen LogP contribution in [0.4, 0.5) is 0 Å². The summed E-state index contributed by atoms with van der Waals surface area (Å²) in [5.41, 5.74) is 8.12. The van der Waals surface area contributed by atoms with Crippen molar-refractivity contribution in [1.29, 1.82) is 0 Å². The summed E-state index contributed by atoms with van der Waals surface area (Å²) >= 11 is 0. The van der Waals surface area contributed by atoms with Crippen LogP contribution in [-0.4, -0.2) is 6.54 Å². The Kier molecular flexibility index (Phi) is 4.61. The SMILES string of the molecule is CCNC(c1ccc(C)cc1)c1cc(C)c(C)cc1C. The molecule has 0 radical (unpaired) electrons. The van der Waals surface area contributed by atoms with Gasteiger partial charge in [0.1, 0.15) is 0 Å². The van der Waals surface area contributed by atoms with Gasteiger partial charge in [-0.2, -0.15) is 0 Å². The highest BCUT2D eigenvalue weighted by Crippen LogP contribution is 2.27. The third-order valence-corrected chi connectivity index (χ3v) is 4.01. The van der Waals surface area contributed by atoms with Crippen molar-refractivity contribution in [2.24, 2.45) is 0 Å². The number of aryl methyl sites for hydroxylation is 4. The summed E-state index contributed by atoms with van der Waals surface area (Å²) in [7, 11) is 0. The van der Waals surface area contributed by atoms with Gasteiger partial charge in [0.2, 0.25) is 0 Å². The Hall–Kier alpha value is -1.60. The van der Waals surface area contributed by atoms with Gasteiger partial charge < -0.3 is 5.32 Å². The first kappa shape index (κ1) is 14.8. The molecule has 0 bridgehead atoms. The molecule has 0 aliphatic rings. The predicted octanol–water partition coefficient (Wildman–Crippen LogP) is 4.62. The molecule has 2 rings (SSSR count). The molecule has 0 aliphatic heterocycles. The van der Waals surface area contributed by atoms with E-state index in [-0.39, 0.29) is 6.04 Å². The minimum Gasteiger partial charge on any atom is -0.307 e. The molecule has 0 aliphatic carbocycles. The number of rotatable bonds is 4. The summed E-state index contributed by atoms with van der Waals surface area (Å²) in [4.78, 5) is 0. The first-order chi connectivity index (χ1) is 9.52. The number of hydrogen-bond donors (Lipinski definition) is 1. The van der Waals surface area contributed by atoms with Gasteiger partial charge in [-0.1, -0.05) is 48.9 Å². The third kappa shape index (κ3) is 3.10. The fraction of sp³-hybridized carbons (Fsp3) is 0.368. The maximum atomic E-state index is 3.62. The fourth-order valence-electron chi connectivity index (χ4n) is 2.66. The molecule has 1 atom stereocenters. The Balaban J connectivity index is 2.48. The van der Waals surface area contributed by atoms with Crippen LogP contribution >= 0.6 is 0 Å². The highest BCUT2D eigenvalue weighted by atomic mass is 14.9. The lowest BCUT2D eigenvalue weighted by atomic mass is 9.91. The zero-order valence-electron chi connectivity index (χ0n) is 13.2. The number of benzene rings is 2. The molecule has 2 aromatic carbocycles. The Bertz CT molecular complexity index is 581. The van der Waals surface area contributed by atoms with Crippen molar-refractivity contribution in [3.63, 3.8) is 0 Å². The molecule has 1 unspecified atom stereocenters. The molecular formula is C19H25N. The van der Waals surface area contributed by atoms with E-state index in [1.807, 2.05) is 0 Å². The van der Waals surface area contributed by atoms with Gasteiger partial charge in [0, 0.05) is 0 Å². The molecule has 1 nitrogen and oxygen atoms in total. The predicted molar refractivity (Wildman–Crippen MR) is 87.4 cm³/mol. The summed E-state index contributed by atoms with van der Waals surface area (Å²) in [6, 6.07) is 13.8. The van der Waals surface area contributed by atoms with Crippen LogP contribution in [-0.2, 0) is 0 Å². The van der Waals surface area contributed by atoms with Crippen LogP contribution in [0.3, 0.4) is 0 Å². The van der Waals surface area contributed by atoms with Crippen molar-refractivity contribution in [1.82, 2.24) is 5.32 Å². The smallest absolute Gasteiger partial charge is 0.0579 e. The fourth-order valence-corrected chi connectivity index (χ4v) is 2.66. The molecule has 0 heterocycles. The van der Waals surface area contributed by atoms with Crippen molar-refractivity contribution in [2.45, 2.75) is 40.7 Å². The summed E-state index contributed by atoms with van der Waals surface area (Å²) in [5, 5.41) is 3.62. The molecular weight excluding hydrogens is 242 g/mol. The van der Waals surface area contributed by atoms with Gasteiger partial charge >= 0.3 is 0 Å². The van der Waals surface area contributed by atoms with Gasteiger partial charge in [-0.15, -0.1) is 0 Å². The Morgan fingerprint density at radius 2 is 1.45 bits per heavy atom. The molecule has 1 heteroatoms.